The molecule has 2 aromatic carbocycles. The fourth-order valence-corrected chi connectivity index (χ4v) is 3.48. The average Bonchev–Trinajstić information content (AvgIpc) is 3.06. The summed E-state index contributed by atoms with van der Waals surface area (Å²) in [5, 5.41) is 3.06. The molecule has 32 heavy (non-hydrogen) atoms. The smallest absolute Gasteiger partial charge is 0.366 e. The van der Waals surface area contributed by atoms with Crippen molar-refractivity contribution in [2.75, 3.05) is 5.32 Å². The molecule has 6 nitrogen and oxygen atoms in total. The molecule has 0 aliphatic rings. The third-order valence-corrected chi connectivity index (χ3v) is 4.92. The van der Waals surface area contributed by atoms with Crippen molar-refractivity contribution in [3.05, 3.63) is 82.9 Å². The summed E-state index contributed by atoms with van der Waals surface area (Å²) in [5.74, 6) is -2.08. The van der Waals surface area contributed by atoms with Crippen molar-refractivity contribution < 1.29 is 22.4 Å². The molecular weight excluding hydrogens is 426 g/mol. The minimum atomic E-state index is -4.68. The number of primary amides is 1. The number of amides is 1. The standard InChI is InChI=1S/C22H17F4N5O/c1-12-7-15-16(19(27)32)8-14(23)9-18(15)31(12)21-29-11-17(22(24,25)26)20(30-21)28-10-13-5-3-2-4-6-13/h2-9,11H,10H2,1H3,(H2,27,32)(H,28,29,30). The molecule has 4 aromatic rings. The van der Waals surface area contributed by atoms with Gasteiger partial charge < -0.3 is 11.1 Å². The van der Waals surface area contributed by atoms with Gasteiger partial charge in [-0.3, -0.25) is 9.36 Å². The van der Waals surface area contributed by atoms with E-state index < -0.39 is 29.3 Å². The van der Waals surface area contributed by atoms with Crippen molar-refractivity contribution in [2.45, 2.75) is 19.6 Å². The molecule has 0 atom stereocenters. The number of aryl methyl sites for hydroxylation is 1. The highest BCUT2D eigenvalue weighted by molar-refractivity contribution is 6.06. The Morgan fingerprint density at radius 2 is 1.88 bits per heavy atom. The zero-order valence-electron chi connectivity index (χ0n) is 16.7. The van der Waals surface area contributed by atoms with Gasteiger partial charge in [0.15, 0.2) is 0 Å². The molecule has 0 radical (unpaired) electrons. The van der Waals surface area contributed by atoms with E-state index in [-0.39, 0.29) is 23.6 Å². The first-order chi connectivity index (χ1) is 15.1. The number of nitrogens with one attached hydrogen (secondary N) is 1. The first-order valence-electron chi connectivity index (χ1n) is 9.49. The predicted molar refractivity (Wildman–Crippen MR) is 111 cm³/mol. The van der Waals surface area contributed by atoms with E-state index in [4.69, 9.17) is 5.73 Å². The maximum atomic E-state index is 14.1. The van der Waals surface area contributed by atoms with E-state index in [1.54, 1.807) is 43.3 Å². The number of carbonyl (C=O) groups excluding carboxylic acids is 1. The number of anilines is 1. The number of alkyl halides is 3. The maximum absolute atomic E-state index is 14.1. The minimum Gasteiger partial charge on any atom is -0.366 e. The largest absolute Gasteiger partial charge is 0.421 e. The fraction of sp³-hybridized carbons (Fsp3) is 0.136. The van der Waals surface area contributed by atoms with Gasteiger partial charge >= 0.3 is 6.18 Å². The number of aromatic nitrogens is 3. The number of hydrogen-bond acceptors (Lipinski definition) is 4. The molecule has 0 saturated carbocycles. The summed E-state index contributed by atoms with van der Waals surface area (Å²) < 4.78 is 56.2. The molecule has 3 N–H and O–H groups in total. The Bertz CT molecular complexity index is 1320. The molecule has 0 saturated heterocycles. The summed E-state index contributed by atoms with van der Waals surface area (Å²) in [6.45, 7) is 1.74. The summed E-state index contributed by atoms with van der Waals surface area (Å²) in [7, 11) is 0. The molecule has 0 unspecified atom stereocenters. The average molecular weight is 443 g/mol. The van der Waals surface area contributed by atoms with Gasteiger partial charge in [0.2, 0.25) is 11.9 Å². The Hall–Kier alpha value is -3.95. The third kappa shape index (κ3) is 3.98. The Morgan fingerprint density at radius 1 is 1.16 bits per heavy atom. The number of nitrogens with zero attached hydrogens (tertiary/aromatic N) is 3. The maximum Gasteiger partial charge on any atom is 0.421 e. The molecule has 0 aliphatic heterocycles. The number of fused-ring (bicyclic) bond motifs is 1. The molecule has 0 bridgehead atoms. The summed E-state index contributed by atoms with van der Waals surface area (Å²) in [4.78, 5) is 19.7. The van der Waals surface area contributed by atoms with Crippen molar-refractivity contribution >= 4 is 22.6 Å². The van der Waals surface area contributed by atoms with Gasteiger partial charge in [0.25, 0.3) is 0 Å². The van der Waals surface area contributed by atoms with Gasteiger partial charge in [0.05, 0.1) is 11.1 Å². The highest BCUT2D eigenvalue weighted by Gasteiger charge is 2.35. The summed E-state index contributed by atoms with van der Waals surface area (Å²) in [6.07, 6.45) is -4.01. The first-order valence-corrected chi connectivity index (χ1v) is 9.49. The van der Waals surface area contributed by atoms with Crippen molar-refractivity contribution in [1.29, 1.82) is 0 Å². The first kappa shape index (κ1) is 21.3. The van der Waals surface area contributed by atoms with Crippen LogP contribution in [-0.2, 0) is 12.7 Å². The lowest BCUT2D eigenvalue weighted by molar-refractivity contribution is -0.137. The second kappa shape index (κ2) is 7.95. The lowest BCUT2D eigenvalue weighted by atomic mass is 10.1. The summed E-state index contributed by atoms with van der Waals surface area (Å²) in [6, 6.07) is 12.6. The van der Waals surface area contributed by atoms with Gasteiger partial charge in [0, 0.05) is 23.8 Å². The molecule has 164 valence electrons. The van der Waals surface area contributed by atoms with Crippen LogP contribution in [0.25, 0.3) is 16.9 Å². The Morgan fingerprint density at radius 3 is 2.53 bits per heavy atom. The van der Waals surface area contributed by atoms with Crippen LogP contribution in [0.4, 0.5) is 23.4 Å². The molecule has 1 amide bonds. The number of carbonyl (C=O) groups is 1. The molecule has 0 spiro atoms. The van der Waals surface area contributed by atoms with E-state index in [1.165, 1.54) is 4.57 Å². The Labute approximate surface area is 179 Å². The number of benzene rings is 2. The van der Waals surface area contributed by atoms with E-state index in [9.17, 15) is 22.4 Å². The molecule has 4 rings (SSSR count). The van der Waals surface area contributed by atoms with Crippen LogP contribution in [0.2, 0.25) is 0 Å². The number of halogens is 4. The summed E-state index contributed by atoms with van der Waals surface area (Å²) in [5.41, 5.74) is 5.74. The number of nitrogens with two attached hydrogens (primary N) is 1. The van der Waals surface area contributed by atoms with Crippen molar-refractivity contribution in [2.24, 2.45) is 5.73 Å². The third-order valence-electron chi connectivity index (χ3n) is 4.92. The van der Waals surface area contributed by atoms with Crippen molar-refractivity contribution in [1.82, 2.24) is 14.5 Å². The second-order valence-electron chi connectivity index (χ2n) is 7.14. The van der Waals surface area contributed by atoms with Crippen LogP contribution < -0.4 is 11.1 Å². The van der Waals surface area contributed by atoms with Crippen LogP contribution in [0.1, 0.15) is 27.2 Å². The molecule has 0 aliphatic carbocycles. The van der Waals surface area contributed by atoms with Crippen LogP contribution in [0.15, 0.2) is 54.7 Å². The Balaban J connectivity index is 1.85. The van der Waals surface area contributed by atoms with Gasteiger partial charge in [-0.1, -0.05) is 30.3 Å². The van der Waals surface area contributed by atoms with Crippen LogP contribution in [0, 0.1) is 12.7 Å². The normalized spacial score (nSPS) is 11.7. The van der Waals surface area contributed by atoms with Gasteiger partial charge in [-0.05, 0) is 30.7 Å². The fourth-order valence-electron chi connectivity index (χ4n) is 3.48. The van der Waals surface area contributed by atoms with E-state index in [2.05, 4.69) is 15.3 Å². The van der Waals surface area contributed by atoms with E-state index in [1.807, 2.05) is 0 Å². The topological polar surface area (TPSA) is 85.8 Å². The van der Waals surface area contributed by atoms with E-state index in [0.717, 1.165) is 17.7 Å². The molecule has 10 heteroatoms. The van der Waals surface area contributed by atoms with E-state index >= 15 is 0 Å². The van der Waals surface area contributed by atoms with Crippen LogP contribution in [0.3, 0.4) is 0 Å². The zero-order chi connectivity index (χ0) is 23.0. The molecule has 2 heterocycles. The Kier molecular flexibility index (Phi) is 5.29. The summed E-state index contributed by atoms with van der Waals surface area (Å²) >= 11 is 0. The molecule has 2 aromatic heterocycles. The minimum absolute atomic E-state index is 0.0452. The van der Waals surface area contributed by atoms with Crippen LogP contribution in [0.5, 0.6) is 0 Å². The van der Waals surface area contributed by atoms with Crippen LogP contribution >= 0.6 is 0 Å². The van der Waals surface area contributed by atoms with Gasteiger partial charge in [-0.15, -0.1) is 0 Å². The lowest BCUT2D eigenvalue weighted by Gasteiger charge is -2.15. The monoisotopic (exact) mass is 443 g/mol. The number of hydrogen-bond donors (Lipinski definition) is 2. The highest BCUT2D eigenvalue weighted by atomic mass is 19.4. The lowest BCUT2D eigenvalue weighted by Crippen LogP contribution is -2.16. The van der Waals surface area contributed by atoms with Crippen molar-refractivity contribution in [3.63, 3.8) is 0 Å². The predicted octanol–water partition coefficient (Wildman–Crippen LogP) is 4.60. The van der Waals surface area contributed by atoms with Gasteiger partial charge in [0.1, 0.15) is 17.2 Å². The quantitative estimate of drug-likeness (QED) is 0.442. The van der Waals surface area contributed by atoms with Crippen LogP contribution in [-0.4, -0.2) is 20.4 Å². The van der Waals surface area contributed by atoms with E-state index in [0.29, 0.717) is 17.3 Å². The SMILES string of the molecule is Cc1cc2c(C(N)=O)cc(F)cc2n1-c1ncc(C(F)(F)F)c(NCc2ccccc2)n1. The van der Waals surface area contributed by atoms with Crippen molar-refractivity contribution in [3.8, 4) is 5.95 Å². The molecular formula is C22H17F4N5O. The van der Waals surface area contributed by atoms with Gasteiger partial charge in [-0.25, -0.2) is 9.37 Å². The second-order valence-corrected chi connectivity index (χ2v) is 7.14. The molecule has 0 fully saturated rings. The highest BCUT2D eigenvalue weighted by Crippen LogP contribution is 2.35. The zero-order valence-corrected chi connectivity index (χ0v) is 16.7. The number of rotatable bonds is 5. The van der Waals surface area contributed by atoms with Gasteiger partial charge in [-0.2, -0.15) is 18.2 Å².